The van der Waals surface area contributed by atoms with Crippen LogP contribution in [-0.2, 0) is 0 Å². The number of guanidine groups is 1. The van der Waals surface area contributed by atoms with Crippen LogP contribution in [0.15, 0.2) is 29.3 Å². The van der Waals surface area contributed by atoms with Crippen LogP contribution < -0.4 is 15.8 Å². The SMILES string of the molecule is CC(C)CN=C(N)Nc1ccc(OC(C)C)cc1.I. The predicted molar refractivity (Wildman–Crippen MR) is 92.6 cm³/mol. The van der Waals surface area contributed by atoms with Gasteiger partial charge in [0, 0.05) is 12.2 Å². The number of rotatable bonds is 5. The van der Waals surface area contributed by atoms with Crippen LogP contribution >= 0.6 is 24.0 Å². The van der Waals surface area contributed by atoms with Crippen LogP contribution in [-0.4, -0.2) is 18.6 Å². The summed E-state index contributed by atoms with van der Waals surface area (Å²) < 4.78 is 5.56. The Hall–Kier alpha value is -0.980. The molecule has 1 aromatic rings. The van der Waals surface area contributed by atoms with Crippen LogP contribution in [0.25, 0.3) is 0 Å². The van der Waals surface area contributed by atoms with Crippen molar-refractivity contribution < 1.29 is 4.74 Å². The highest BCUT2D eigenvalue weighted by molar-refractivity contribution is 14.0. The number of nitrogens with zero attached hydrogens (tertiary/aromatic N) is 1. The van der Waals surface area contributed by atoms with E-state index < -0.39 is 0 Å². The molecule has 0 bridgehead atoms. The van der Waals surface area contributed by atoms with Crippen molar-refractivity contribution in [2.24, 2.45) is 16.6 Å². The average molecular weight is 377 g/mol. The zero-order chi connectivity index (χ0) is 13.5. The highest BCUT2D eigenvalue weighted by atomic mass is 127. The second-order valence-electron chi connectivity index (χ2n) is 4.94. The lowest BCUT2D eigenvalue weighted by Crippen LogP contribution is -2.23. The number of benzene rings is 1. The van der Waals surface area contributed by atoms with Gasteiger partial charge in [0.25, 0.3) is 0 Å². The van der Waals surface area contributed by atoms with Gasteiger partial charge in [-0.2, -0.15) is 0 Å². The minimum atomic E-state index is 0. The Labute approximate surface area is 132 Å². The molecule has 0 aliphatic rings. The highest BCUT2D eigenvalue weighted by Gasteiger charge is 1.99. The quantitative estimate of drug-likeness (QED) is 0.469. The molecule has 1 rings (SSSR count). The lowest BCUT2D eigenvalue weighted by Gasteiger charge is -2.11. The number of nitrogens with one attached hydrogen (secondary N) is 1. The third kappa shape index (κ3) is 7.92. The van der Waals surface area contributed by atoms with E-state index in [1.807, 2.05) is 38.1 Å². The Kier molecular flexibility index (Phi) is 8.54. The zero-order valence-electron chi connectivity index (χ0n) is 12.0. The van der Waals surface area contributed by atoms with E-state index in [1.54, 1.807) is 0 Å². The summed E-state index contributed by atoms with van der Waals surface area (Å²) >= 11 is 0. The van der Waals surface area contributed by atoms with Crippen LogP contribution in [0.4, 0.5) is 5.69 Å². The van der Waals surface area contributed by atoms with E-state index in [0.717, 1.165) is 18.0 Å². The summed E-state index contributed by atoms with van der Waals surface area (Å²) in [5.74, 6) is 1.81. The largest absolute Gasteiger partial charge is 0.491 e. The molecule has 0 aliphatic carbocycles. The fourth-order valence-electron chi connectivity index (χ4n) is 1.36. The Morgan fingerprint density at radius 3 is 2.26 bits per heavy atom. The van der Waals surface area contributed by atoms with Crippen LogP contribution in [0, 0.1) is 5.92 Å². The van der Waals surface area contributed by atoms with Crippen LogP contribution in [0.5, 0.6) is 5.75 Å². The van der Waals surface area contributed by atoms with Gasteiger partial charge in [-0.25, -0.2) is 0 Å². The zero-order valence-corrected chi connectivity index (χ0v) is 14.3. The van der Waals surface area contributed by atoms with E-state index >= 15 is 0 Å². The van der Waals surface area contributed by atoms with Gasteiger partial charge < -0.3 is 15.8 Å². The second kappa shape index (κ2) is 9.01. The average Bonchev–Trinajstić information content (AvgIpc) is 2.28. The molecule has 0 atom stereocenters. The first kappa shape index (κ1) is 18.0. The van der Waals surface area contributed by atoms with Crippen molar-refractivity contribution in [3.8, 4) is 5.75 Å². The Morgan fingerprint density at radius 2 is 1.79 bits per heavy atom. The van der Waals surface area contributed by atoms with Crippen molar-refractivity contribution in [1.29, 1.82) is 0 Å². The van der Waals surface area contributed by atoms with E-state index in [1.165, 1.54) is 0 Å². The fraction of sp³-hybridized carbons (Fsp3) is 0.500. The molecule has 0 heterocycles. The molecule has 0 amide bonds. The van der Waals surface area contributed by atoms with Gasteiger partial charge >= 0.3 is 0 Å². The fourth-order valence-corrected chi connectivity index (χ4v) is 1.36. The number of aliphatic imine (C=N–C) groups is 1. The Morgan fingerprint density at radius 1 is 1.21 bits per heavy atom. The number of hydrogen-bond acceptors (Lipinski definition) is 2. The van der Waals surface area contributed by atoms with Gasteiger partial charge in [-0.3, -0.25) is 4.99 Å². The molecule has 0 spiro atoms. The number of hydrogen-bond donors (Lipinski definition) is 2. The number of anilines is 1. The molecule has 4 nitrogen and oxygen atoms in total. The summed E-state index contributed by atoms with van der Waals surface area (Å²) in [5.41, 5.74) is 6.69. The summed E-state index contributed by atoms with van der Waals surface area (Å²) in [4.78, 5) is 4.24. The van der Waals surface area contributed by atoms with Crippen LogP contribution in [0.3, 0.4) is 0 Å². The van der Waals surface area contributed by atoms with E-state index in [4.69, 9.17) is 10.5 Å². The summed E-state index contributed by atoms with van der Waals surface area (Å²) in [6.45, 7) is 8.95. The van der Waals surface area contributed by atoms with Gasteiger partial charge in [-0.05, 0) is 44.0 Å². The predicted octanol–water partition coefficient (Wildman–Crippen LogP) is 3.47. The molecule has 0 unspecified atom stereocenters. The number of halogens is 1. The molecule has 0 radical (unpaired) electrons. The van der Waals surface area contributed by atoms with Crippen LogP contribution in [0.2, 0.25) is 0 Å². The molecule has 0 saturated carbocycles. The molecule has 5 heteroatoms. The van der Waals surface area contributed by atoms with Crippen molar-refractivity contribution in [2.45, 2.75) is 33.8 Å². The first-order valence-corrected chi connectivity index (χ1v) is 6.31. The monoisotopic (exact) mass is 377 g/mol. The maximum atomic E-state index is 5.78. The smallest absolute Gasteiger partial charge is 0.193 e. The normalized spacial score (nSPS) is 11.4. The molecule has 0 fully saturated rings. The molecular formula is C14H24IN3O. The lowest BCUT2D eigenvalue weighted by atomic mass is 10.2. The summed E-state index contributed by atoms with van der Waals surface area (Å²) in [6, 6.07) is 7.68. The van der Waals surface area contributed by atoms with E-state index in [2.05, 4.69) is 24.2 Å². The lowest BCUT2D eigenvalue weighted by molar-refractivity contribution is 0.242. The molecule has 0 aromatic heterocycles. The Balaban J connectivity index is 0.00000324. The maximum Gasteiger partial charge on any atom is 0.193 e. The van der Waals surface area contributed by atoms with Gasteiger partial charge in [-0.15, -0.1) is 24.0 Å². The van der Waals surface area contributed by atoms with Crippen molar-refractivity contribution in [2.75, 3.05) is 11.9 Å². The van der Waals surface area contributed by atoms with Crippen LogP contribution in [0.1, 0.15) is 27.7 Å². The standard InChI is InChI=1S/C14H23N3O.HI/c1-10(2)9-16-14(15)17-12-5-7-13(8-6-12)18-11(3)4;/h5-8,10-11H,9H2,1-4H3,(H3,15,16,17);1H. The molecule has 3 N–H and O–H groups in total. The van der Waals surface area contributed by atoms with Gasteiger partial charge in [0.05, 0.1) is 6.10 Å². The van der Waals surface area contributed by atoms with Crippen molar-refractivity contribution in [3.05, 3.63) is 24.3 Å². The summed E-state index contributed by atoms with van der Waals surface area (Å²) in [6.07, 6.45) is 0.182. The first-order valence-electron chi connectivity index (χ1n) is 6.31. The second-order valence-corrected chi connectivity index (χ2v) is 4.94. The molecule has 0 aliphatic heterocycles. The summed E-state index contributed by atoms with van der Waals surface area (Å²) in [7, 11) is 0. The van der Waals surface area contributed by atoms with Gasteiger partial charge in [0.15, 0.2) is 5.96 Å². The topological polar surface area (TPSA) is 59.6 Å². The summed E-state index contributed by atoms with van der Waals surface area (Å²) in [5, 5.41) is 3.05. The van der Waals surface area contributed by atoms with Crippen molar-refractivity contribution >= 4 is 35.6 Å². The number of ether oxygens (including phenoxy) is 1. The third-order valence-electron chi connectivity index (χ3n) is 2.13. The van der Waals surface area contributed by atoms with Gasteiger partial charge in [0.2, 0.25) is 0 Å². The van der Waals surface area contributed by atoms with Gasteiger partial charge in [-0.1, -0.05) is 13.8 Å². The first-order chi connectivity index (χ1) is 8.47. The van der Waals surface area contributed by atoms with E-state index in [0.29, 0.717) is 11.9 Å². The van der Waals surface area contributed by atoms with Crippen molar-refractivity contribution in [1.82, 2.24) is 0 Å². The molecule has 108 valence electrons. The molecule has 1 aromatic carbocycles. The third-order valence-corrected chi connectivity index (χ3v) is 2.13. The molecular weight excluding hydrogens is 353 g/mol. The van der Waals surface area contributed by atoms with E-state index in [-0.39, 0.29) is 30.1 Å². The maximum absolute atomic E-state index is 5.78. The Bertz CT molecular complexity index is 388. The van der Waals surface area contributed by atoms with Gasteiger partial charge in [0.1, 0.15) is 5.75 Å². The highest BCUT2D eigenvalue weighted by Crippen LogP contribution is 2.16. The molecule has 19 heavy (non-hydrogen) atoms. The number of nitrogens with two attached hydrogens (primary N) is 1. The van der Waals surface area contributed by atoms with Crippen molar-refractivity contribution in [3.63, 3.8) is 0 Å². The minimum absolute atomic E-state index is 0. The molecule has 0 saturated heterocycles. The minimum Gasteiger partial charge on any atom is -0.491 e. The van der Waals surface area contributed by atoms with E-state index in [9.17, 15) is 0 Å².